The smallest absolute Gasteiger partial charge is 0.143 e. The average Bonchev–Trinajstić information content (AvgIpc) is 2.99. The molecule has 0 saturated heterocycles. The van der Waals surface area contributed by atoms with Crippen LogP contribution in [-0.2, 0) is 0 Å². The summed E-state index contributed by atoms with van der Waals surface area (Å²) in [6.07, 6.45) is 0. The number of ether oxygens (including phenoxy) is 1. The maximum Gasteiger partial charge on any atom is 0.143 e. The van der Waals surface area contributed by atoms with Gasteiger partial charge in [-0.25, -0.2) is 0 Å². The topological polar surface area (TPSA) is 9.23 Å². The van der Waals surface area contributed by atoms with Crippen LogP contribution in [-0.4, -0.2) is 0 Å². The quantitative estimate of drug-likeness (QED) is 0.163. The minimum Gasteiger partial charge on any atom is -0.455 e. The summed E-state index contributed by atoms with van der Waals surface area (Å²) in [6, 6.07) is 48.4. The van der Waals surface area contributed by atoms with Crippen LogP contribution in [0.4, 0.5) is 0 Å². The normalized spacial score (nSPS) is 12.3. The summed E-state index contributed by atoms with van der Waals surface area (Å²) in [6.45, 7) is 0. The lowest BCUT2D eigenvalue weighted by molar-refractivity contribution is 0.493. The number of fused-ring (bicyclic) bond motifs is 8. The van der Waals surface area contributed by atoms with E-state index in [1.165, 1.54) is 65.2 Å². The highest BCUT2D eigenvalue weighted by atomic mass is 16.5. The SMILES string of the molecule is c1ccc2cc3c(ccc4cccc(-c5cc6c7c(cccc7c5)-c5ccc7ccccc7c5O6)c43)cc2c1. The molecule has 0 amide bonds. The Balaban J connectivity index is 1.35. The van der Waals surface area contributed by atoms with E-state index in [-0.39, 0.29) is 0 Å². The number of benzene rings is 8. The fraction of sp³-hybridized carbons (Fsp3) is 0. The van der Waals surface area contributed by atoms with E-state index < -0.39 is 0 Å². The number of hydrogen-bond donors (Lipinski definition) is 0. The van der Waals surface area contributed by atoms with Gasteiger partial charge in [-0.3, -0.25) is 0 Å². The molecule has 8 aromatic carbocycles. The minimum absolute atomic E-state index is 0.921. The Hall–Kier alpha value is -5.14. The van der Waals surface area contributed by atoms with E-state index >= 15 is 0 Å². The highest BCUT2D eigenvalue weighted by Gasteiger charge is 2.23. The Morgan fingerprint density at radius 3 is 1.95 bits per heavy atom. The highest BCUT2D eigenvalue weighted by molar-refractivity contribution is 6.18. The summed E-state index contributed by atoms with van der Waals surface area (Å²) in [5, 5.41) is 12.3. The van der Waals surface area contributed by atoms with Crippen LogP contribution in [0.3, 0.4) is 0 Å². The first-order chi connectivity index (χ1) is 19.3. The van der Waals surface area contributed by atoms with Crippen LogP contribution >= 0.6 is 0 Å². The molecule has 39 heavy (non-hydrogen) atoms. The Morgan fingerprint density at radius 1 is 0.359 bits per heavy atom. The molecule has 0 radical (unpaired) electrons. The average molecular weight is 495 g/mol. The second kappa shape index (κ2) is 7.69. The van der Waals surface area contributed by atoms with E-state index in [1.54, 1.807) is 0 Å². The third-order valence-electron chi connectivity index (χ3n) is 8.36. The van der Waals surface area contributed by atoms with Crippen LogP contribution in [0.5, 0.6) is 11.5 Å². The molecule has 0 saturated carbocycles. The Morgan fingerprint density at radius 2 is 1.05 bits per heavy atom. The van der Waals surface area contributed by atoms with Crippen LogP contribution < -0.4 is 4.74 Å². The molecular formula is C38H22O. The molecule has 0 atom stereocenters. The van der Waals surface area contributed by atoms with E-state index in [0.29, 0.717) is 0 Å². The molecule has 180 valence electrons. The van der Waals surface area contributed by atoms with Crippen molar-refractivity contribution in [1.29, 1.82) is 0 Å². The van der Waals surface area contributed by atoms with Gasteiger partial charge in [-0.05, 0) is 90.1 Å². The Bertz CT molecular complexity index is 2310. The van der Waals surface area contributed by atoms with Gasteiger partial charge in [-0.2, -0.15) is 0 Å². The lowest BCUT2D eigenvalue weighted by Gasteiger charge is -2.24. The molecule has 8 aromatic rings. The minimum atomic E-state index is 0.921. The molecule has 9 rings (SSSR count). The van der Waals surface area contributed by atoms with E-state index in [1.807, 2.05) is 0 Å². The molecular weight excluding hydrogens is 472 g/mol. The van der Waals surface area contributed by atoms with Gasteiger partial charge >= 0.3 is 0 Å². The Kier molecular flexibility index (Phi) is 4.11. The second-order valence-electron chi connectivity index (χ2n) is 10.5. The summed E-state index contributed by atoms with van der Waals surface area (Å²) >= 11 is 0. The van der Waals surface area contributed by atoms with Gasteiger partial charge in [0, 0.05) is 16.3 Å². The predicted octanol–water partition coefficient (Wildman–Crippen LogP) is 10.9. The van der Waals surface area contributed by atoms with Crippen molar-refractivity contribution in [1.82, 2.24) is 0 Å². The van der Waals surface area contributed by atoms with Crippen molar-refractivity contribution in [2.24, 2.45) is 0 Å². The van der Waals surface area contributed by atoms with Gasteiger partial charge in [0.05, 0.1) is 0 Å². The van der Waals surface area contributed by atoms with Crippen LogP contribution in [0, 0.1) is 0 Å². The predicted molar refractivity (Wildman–Crippen MR) is 165 cm³/mol. The van der Waals surface area contributed by atoms with E-state index in [4.69, 9.17) is 4.74 Å². The summed E-state index contributed by atoms with van der Waals surface area (Å²) in [5.41, 5.74) is 4.78. The Labute approximate surface area is 225 Å². The van der Waals surface area contributed by atoms with Crippen LogP contribution in [0.15, 0.2) is 133 Å². The lowest BCUT2D eigenvalue weighted by Crippen LogP contribution is -1.98. The van der Waals surface area contributed by atoms with Gasteiger partial charge in [0.1, 0.15) is 11.5 Å². The van der Waals surface area contributed by atoms with Crippen LogP contribution in [0.2, 0.25) is 0 Å². The zero-order valence-corrected chi connectivity index (χ0v) is 21.1. The molecule has 1 heterocycles. The first-order valence-corrected chi connectivity index (χ1v) is 13.4. The lowest BCUT2D eigenvalue weighted by atomic mass is 9.88. The molecule has 1 aliphatic heterocycles. The van der Waals surface area contributed by atoms with Gasteiger partial charge < -0.3 is 4.74 Å². The van der Waals surface area contributed by atoms with Crippen molar-refractivity contribution in [2.45, 2.75) is 0 Å². The molecule has 1 heteroatoms. The zero-order valence-electron chi connectivity index (χ0n) is 21.1. The molecule has 0 unspecified atom stereocenters. The molecule has 0 aromatic heterocycles. The van der Waals surface area contributed by atoms with E-state index in [0.717, 1.165) is 22.4 Å². The van der Waals surface area contributed by atoms with Crippen molar-refractivity contribution < 1.29 is 4.74 Å². The first-order valence-electron chi connectivity index (χ1n) is 13.4. The van der Waals surface area contributed by atoms with Gasteiger partial charge in [0.25, 0.3) is 0 Å². The number of hydrogen-bond acceptors (Lipinski definition) is 1. The molecule has 0 bridgehead atoms. The summed E-state index contributed by atoms with van der Waals surface area (Å²) < 4.78 is 6.78. The molecule has 0 spiro atoms. The fourth-order valence-corrected chi connectivity index (χ4v) is 6.57. The van der Waals surface area contributed by atoms with Crippen molar-refractivity contribution in [3.63, 3.8) is 0 Å². The summed E-state index contributed by atoms with van der Waals surface area (Å²) in [7, 11) is 0. The second-order valence-corrected chi connectivity index (χ2v) is 10.5. The molecule has 0 N–H and O–H groups in total. The first kappa shape index (κ1) is 20.9. The third-order valence-corrected chi connectivity index (χ3v) is 8.36. The monoisotopic (exact) mass is 494 g/mol. The van der Waals surface area contributed by atoms with Crippen molar-refractivity contribution in [3.05, 3.63) is 133 Å². The standard InChI is InChI=1S/C38H22O/c1-2-9-26-21-34-27(19-25(26)8-1)16-15-24-10-5-13-30(36(24)34)29-20-28-11-6-14-32-33-18-17-23-7-3-4-12-31(23)38(33)39-35(22-29)37(28)32/h1-22H. The molecule has 1 nitrogen and oxygen atoms in total. The highest BCUT2D eigenvalue weighted by Crippen LogP contribution is 2.51. The van der Waals surface area contributed by atoms with E-state index in [9.17, 15) is 0 Å². The maximum atomic E-state index is 6.78. The molecule has 0 aliphatic carbocycles. The van der Waals surface area contributed by atoms with E-state index in [2.05, 4.69) is 133 Å². The summed E-state index contributed by atoms with van der Waals surface area (Å²) in [4.78, 5) is 0. The van der Waals surface area contributed by atoms with Gasteiger partial charge in [-0.1, -0.05) is 103 Å². The van der Waals surface area contributed by atoms with Gasteiger partial charge in [-0.15, -0.1) is 0 Å². The third kappa shape index (κ3) is 2.96. The van der Waals surface area contributed by atoms with Gasteiger partial charge in [0.2, 0.25) is 0 Å². The van der Waals surface area contributed by atoms with Crippen molar-refractivity contribution in [3.8, 4) is 33.8 Å². The van der Waals surface area contributed by atoms with Crippen molar-refractivity contribution in [2.75, 3.05) is 0 Å². The fourth-order valence-electron chi connectivity index (χ4n) is 6.57. The number of rotatable bonds is 1. The maximum absolute atomic E-state index is 6.78. The summed E-state index contributed by atoms with van der Waals surface area (Å²) in [5.74, 6) is 1.87. The van der Waals surface area contributed by atoms with Crippen molar-refractivity contribution >= 4 is 53.9 Å². The van der Waals surface area contributed by atoms with Gasteiger partial charge in [0.15, 0.2) is 0 Å². The largest absolute Gasteiger partial charge is 0.455 e. The zero-order chi connectivity index (χ0) is 25.5. The van der Waals surface area contributed by atoms with Crippen LogP contribution in [0.1, 0.15) is 0 Å². The van der Waals surface area contributed by atoms with Crippen LogP contribution in [0.25, 0.3) is 76.1 Å². The molecule has 1 aliphatic rings. The molecule has 0 fully saturated rings.